The highest BCUT2D eigenvalue weighted by molar-refractivity contribution is 5.28. The van der Waals surface area contributed by atoms with E-state index in [-0.39, 0.29) is 0 Å². The number of nitrogens with zero attached hydrogens (tertiary/aromatic N) is 1. The summed E-state index contributed by atoms with van der Waals surface area (Å²) >= 11 is 0. The van der Waals surface area contributed by atoms with Crippen molar-refractivity contribution in [2.75, 3.05) is 0 Å². The van der Waals surface area contributed by atoms with Crippen LogP contribution in [0.5, 0.6) is 0 Å². The van der Waals surface area contributed by atoms with Crippen molar-refractivity contribution in [3.05, 3.63) is 23.9 Å². The highest BCUT2D eigenvalue weighted by Crippen LogP contribution is 2.04. The first-order chi connectivity index (χ1) is 4.70. The highest BCUT2D eigenvalue weighted by atomic mass is 14.7. The molecule has 0 rings (SSSR count). The lowest BCUT2D eigenvalue weighted by atomic mass is 10.1. The Morgan fingerprint density at radius 1 is 1.60 bits per heavy atom. The van der Waals surface area contributed by atoms with Gasteiger partial charge in [-0.05, 0) is 26.5 Å². The van der Waals surface area contributed by atoms with Gasteiger partial charge in [-0.25, -0.2) is 0 Å². The van der Waals surface area contributed by atoms with Crippen LogP contribution in [-0.4, -0.2) is 6.72 Å². The Bertz CT molecular complexity index is 154. The van der Waals surface area contributed by atoms with Crippen molar-refractivity contribution < 1.29 is 0 Å². The Hall–Kier alpha value is -0.850. The van der Waals surface area contributed by atoms with Crippen LogP contribution in [0.3, 0.4) is 0 Å². The maximum atomic E-state index is 3.79. The van der Waals surface area contributed by atoms with E-state index >= 15 is 0 Å². The van der Waals surface area contributed by atoms with Crippen molar-refractivity contribution >= 4 is 6.72 Å². The predicted molar refractivity (Wildman–Crippen MR) is 47.3 cm³/mol. The first-order valence-corrected chi connectivity index (χ1v) is 3.48. The number of allylic oxidation sites excluding steroid dienone is 4. The van der Waals surface area contributed by atoms with Gasteiger partial charge in [0.05, 0.1) is 0 Å². The van der Waals surface area contributed by atoms with Gasteiger partial charge in [-0.3, -0.25) is 4.99 Å². The van der Waals surface area contributed by atoms with Crippen molar-refractivity contribution in [2.45, 2.75) is 20.8 Å². The smallest absolute Gasteiger partial charge is 0.0331 e. The summed E-state index contributed by atoms with van der Waals surface area (Å²) < 4.78 is 0. The average Bonchev–Trinajstić information content (AvgIpc) is 1.88. The van der Waals surface area contributed by atoms with Crippen LogP contribution in [0.2, 0.25) is 0 Å². The second kappa shape index (κ2) is 4.98. The number of aliphatic imine (C=N–C) groups is 1. The Kier molecular flexibility index (Phi) is 4.55. The molecule has 0 aliphatic carbocycles. The summed E-state index contributed by atoms with van der Waals surface area (Å²) in [6, 6.07) is 0. The molecule has 0 radical (unpaired) electrons. The molecule has 0 aliphatic heterocycles. The molecule has 0 N–H and O–H groups in total. The van der Waals surface area contributed by atoms with E-state index in [1.807, 2.05) is 19.9 Å². The fourth-order valence-corrected chi connectivity index (χ4v) is 0.792. The fraction of sp³-hybridized carbons (Fsp3) is 0.444. The van der Waals surface area contributed by atoms with E-state index in [4.69, 9.17) is 0 Å². The van der Waals surface area contributed by atoms with E-state index in [2.05, 4.69) is 30.8 Å². The lowest BCUT2D eigenvalue weighted by molar-refractivity contribution is 0.919. The first kappa shape index (κ1) is 9.15. The third-order valence-corrected chi connectivity index (χ3v) is 1.25. The first-order valence-electron chi connectivity index (χ1n) is 3.48. The van der Waals surface area contributed by atoms with Gasteiger partial charge >= 0.3 is 0 Å². The van der Waals surface area contributed by atoms with Crippen LogP contribution in [-0.2, 0) is 0 Å². The highest BCUT2D eigenvalue weighted by Gasteiger charge is 1.89. The second-order valence-corrected chi connectivity index (χ2v) is 2.35. The zero-order valence-corrected chi connectivity index (χ0v) is 6.96. The van der Waals surface area contributed by atoms with E-state index in [0.717, 1.165) is 5.70 Å². The Morgan fingerprint density at radius 2 is 2.20 bits per heavy atom. The Balaban J connectivity index is 3.98. The zero-order chi connectivity index (χ0) is 7.98. The van der Waals surface area contributed by atoms with Crippen LogP contribution in [0.4, 0.5) is 0 Å². The molecule has 0 saturated carbocycles. The van der Waals surface area contributed by atoms with Crippen molar-refractivity contribution in [3.63, 3.8) is 0 Å². The van der Waals surface area contributed by atoms with Crippen LogP contribution in [0.15, 0.2) is 28.9 Å². The maximum absolute atomic E-state index is 3.79. The molecule has 0 aromatic heterocycles. The second-order valence-electron chi connectivity index (χ2n) is 2.35. The molecule has 1 unspecified atom stereocenters. The summed E-state index contributed by atoms with van der Waals surface area (Å²) in [4.78, 5) is 3.79. The SMILES string of the molecule is C=NC(C)=CC(C)/C=C/C. The molecule has 0 aliphatic rings. The molecule has 0 saturated heterocycles. The van der Waals surface area contributed by atoms with Gasteiger partial charge in [0.2, 0.25) is 0 Å². The van der Waals surface area contributed by atoms with E-state index in [9.17, 15) is 0 Å². The van der Waals surface area contributed by atoms with Crippen molar-refractivity contribution in [3.8, 4) is 0 Å². The third kappa shape index (κ3) is 4.07. The van der Waals surface area contributed by atoms with Crippen LogP contribution in [0.1, 0.15) is 20.8 Å². The lowest BCUT2D eigenvalue weighted by Crippen LogP contribution is -1.82. The van der Waals surface area contributed by atoms with E-state index in [0.29, 0.717) is 5.92 Å². The summed E-state index contributed by atoms with van der Waals surface area (Å²) in [7, 11) is 0. The van der Waals surface area contributed by atoms with Gasteiger partial charge in [0.15, 0.2) is 0 Å². The molecular formula is C9H15N. The summed E-state index contributed by atoms with van der Waals surface area (Å²) in [5, 5.41) is 0. The molecule has 10 heavy (non-hydrogen) atoms. The van der Waals surface area contributed by atoms with E-state index in [1.165, 1.54) is 0 Å². The number of hydrogen-bond donors (Lipinski definition) is 0. The van der Waals surface area contributed by atoms with Crippen LogP contribution < -0.4 is 0 Å². The molecule has 0 heterocycles. The molecule has 1 nitrogen and oxygen atoms in total. The third-order valence-electron chi connectivity index (χ3n) is 1.25. The molecule has 0 spiro atoms. The van der Waals surface area contributed by atoms with Crippen molar-refractivity contribution in [1.29, 1.82) is 0 Å². The minimum Gasteiger partial charge on any atom is -0.270 e. The zero-order valence-electron chi connectivity index (χ0n) is 6.96. The van der Waals surface area contributed by atoms with Crippen LogP contribution >= 0.6 is 0 Å². The minimum atomic E-state index is 0.468. The van der Waals surface area contributed by atoms with Crippen LogP contribution in [0.25, 0.3) is 0 Å². The molecule has 56 valence electrons. The fourth-order valence-electron chi connectivity index (χ4n) is 0.792. The largest absolute Gasteiger partial charge is 0.270 e. The number of rotatable bonds is 3. The molecule has 1 atom stereocenters. The summed E-state index contributed by atoms with van der Waals surface area (Å²) in [5.74, 6) is 0.468. The molecule has 0 fully saturated rings. The average molecular weight is 137 g/mol. The molecule has 0 aromatic rings. The Labute approximate surface area is 63.2 Å². The van der Waals surface area contributed by atoms with Crippen molar-refractivity contribution in [1.82, 2.24) is 0 Å². The Morgan fingerprint density at radius 3 is 2.60 bits per heavy atom. The van der Waals surface area contributed by atoms with Gasteiger partial charge in [0.1, 0.15) is 0 Å². The molecular weight excluding hydrogens is 122 g/mol. The van der Waals surface area contributed by atoms with Gasteiger partial charge < -0.3 is 0 Å². The summed E-state index contributed by atoms with van der Waals surface area (Å²) in [6.07, 6.45) is 6.24. The number of hydrogen-bond acceptors (Lipinski definition) is 1. The molecule has 0 bridgehead atoms. The van der Waals surface area contributed by atoms with Gasteiger partial charge in [-0.2, -0.15) is 0 Å². The van der Waals surface area contributed by atoms with E-state index < -0.39 is 0 Å². The van der Waals surface area contributed by atoms with Crippen LogP contribution in [0, 0.1) is 5.92 Å². The monoisotopic (exact) mass is 137 g/mol. The van der Waals surface area contributed by atoms with Crippen molar-refractivity contribution in [2.24, 2.45) is 10.9 Å². The summed E-state index contributed by atoms with van der Waals surface area (Å²) in [6.45, 7) is 9.52. The standard InChI is InChI=1S/C9H15N/c1-5-6-8(2)7-9(3)10-4/h5-8H,4H2,1-3H3/b6-5+,9-7?. The maximum Gasteiger partial charge on any atom is 0.0331 e. The normalized spacial score (nSPS) is 15.7. The minimum absolute atomic E-state index is 0.468. The van der Waals surface area contributed by atoms with Gasteiger partial charge in [-0.1, -0.05) is 25.2 Å². The van der Waals surface area contributed by atoms with Gasteiger partial charge in [0.25, 0.3) is 0 Å². The van der Waals surface area contributed by atoms with Gasteiger partial charge in [-0.15, -0.1) is 0 Å². The van der Waals surface area contributed by atoms with Gasteiger partial charge in [0, 0.05) is 5.70 Å². The quantitative estimate of drug-likeness (QED) is 0.419. The lowest BCUT2D eigenvalue weighted by Gasteiger charge is -1.97. The topological polar surface area (TPSA) is 12.4 Å². The molecule has 0 aromatic carbocycles. The predicted octanol–water partition coefficient (Wildman–Crippen LogP) is 2.80. The molecule has 1 heteroatoms. The molecule has 0 amide bonds. The summed E-state index contributed by atoms with van der Waals surface area (Å²) in [5.41, 5.74) is 0.991. The van der Waals surface area contributed by atoms with E-state index in [1.54, 1.807) is 0 Å².